The number of alkyl halides is 3. The second-order valence-corrected chi connectivity index (χ2v) is 12.8. The number of anilines is 2. The molecule has 1 aliphatic rings. The van der Waals surface area contributed by atoms with Crippen molar-refractivity contribution in [1.29, 1.82) is 0 Å². The summed E-state index contributed by atoms with van der Waals surface area (Å²) in [7, 11) is -3.27. The first kappa shape index (κ1) is 34.3. The van der Waals surface area contributed by atoms with E-state index >= 15 is 4.39 Å². The molecule has 1 amide bonds. The van der Waals surface area contributed by atoms with Crippen molar-refractivity contribution in [2.24, 2.45) is 0 Å². The molecule has 0 unspecified atom stereocenters. The number of hydrogen-bond acceptors (Lipinski definition) is 8. The number of aliphatic hydroxyl groups is 1. The Labute approximate surface area is 261 Å². The van der Waals surface area contributed by atoms with E-state index in [-0.39, 0.29) is 48.8 Å². The summed E-state index contributed by atoms with van der Waals surface area (Å²) in [6.45, 7) is 2.55. The van der Waals surface area contributed by atoms with Crippen LogP contribution in [0.3, 0.4) is 0 Å². The van der Waals surface area contributed by atoms with Crippen LogP contribution in [0.5, 0.6) is 5.75 Å². The van der Waals surface area contributed by atoms with Crippen LogP contribution in [-0.4, -0.2) is 64.0 Å². The first-order valence-corrected chi connectivity index (χ1v) is 16.2. The maximum atomic E-state index is 16.0. The zero-order valence-corrected chi connectivity index (χ0v) is 25.5. The van der Waals surface area contributed by atoms with Gasteiger partial charge in [-0.05, 0) is 61.6 Å². The van der Waals surface area contributed by atoms with Crippen molar-refractivity contribution >= 4 is 28.1 Å². The minimum Gasteiger partial charge on any atom is -0.406 e. The Morgan fingerprint density at radius 3 is 2.47 bits per heavy atom. The summed E-state index contributed by atoms with van der Waals surface area (Å²) >= 11 is 0. The Balaban J connectivity index is 1.53. The maximum absolute atomic E-state index is 16.0. The van der Waals surface area contributed by atoms with E-state index in [0.717, 1.165) is 5.56 Å². The van der Waals surface area contributed by atoms with Crippen LogP contribution in [-0.2, 0) is 13.0 Å². The Bertz CT molecular complexity index is 1430. The highest BCUT2D eigenvalue weighted by Crippen LogP contribution is 2.51. The molecule has 0 aliphatic carbocycles. The van der Waals surface area contributed by atoms with E-state index in [4.69, 9.17) is 0 Å². The number of amides is 1. The summed E-state index contributed by atoms with van der Waals surface area (Å²) < 4.78 is 80.3. The highest BCUT2D eigenvalue weighted by atomic mass is 32.3. The molecule has 0 spiro atoms. The van der Waals surface area contributed by atoms with Crippen LogP contribution in [0.1, 0.15) is 41.3 Å². The van der Waals surface area contributed by atoms with E-state index in [9.17, 15) is 32.2 Å². The predicted molar refractivity (Wildman–Crippen MR) is 167 cm³/mol. The molecule has 0 aromatic heterocycles. The number of halogens is 4. The van der Waals surface area contributed by atoms with Gasteiger partial charge >= 0.3 is 6.36 Å². The van der Waals surface area contributed by atoms with Gasteiger partial charge in [0.25, 0.3) is 5.91 Å². The average Bonchev–Trinajstić information content (AvgIpc) is 2.97. The van der Waals surface area contributed by atoms with Crippen molar-refractivity contribution in [3.8, 4) is 5.75 Å². The molecule has 9 nitrogen and oxygen atoms in total. The standard InChI is InChI=1S/C31H38F4N4O5S/c1-2-37-23-17-25(29(32)27(18-23)39-13-6-7-14-45(39,42)43)30(41)38-26(16-21-9-4-3-5-10-21)28(40)20-36-19-22-11-8-12-24(15-22)44-31(33,34)35/h3-5,8-12,15,17-18,26,28,36-37,40,42-43H,2,6-7,13-14,16,19-20H2,1H3,(H,38,41)/t26-,28+/m0/s1. The van der Waals surface area contributed by atoms with Crippen molar-refractivity contribution in [3.05, 3.63) is 89.2 Å². The van der Waals surface area contributed by atoms with Gasteiger partial charge in [0, 0.05) is 31.9 Å². The maximum Gasteiger partial charge on any atom is 0.573 e. The molecule has 3 aromatic carbocycles. The third-order valence-electron chi connectivity index (χ3n) is 7.22. The van der Waals surface area contributed by atoms with Gasteiger partial charge in [-0.2, -0.15) is 0 Å². The van der Waals surface area contributed by atoms with E-state index in [1.54, 1.807) is 18.2 Å². The topological polar surface area (TPSA) is 126 Å². The van der Waals surface area contributed by atoms with E-state index < -0.39 is 41.0 Å². The SMILES string of the molecule is CCNc1cc(C(=O)N[C@@H](Cc2ccccc2)[C@H](O)CNCc2cccc(OC(F)(F)F)c2)c(F)c(N2CCCCS2(O)O)c1. The van der Waals surface area contributed by atoms with Gasteiger partial charge in [-0.1, -0.05) is 42.5 Å². The van der Waals surface area contributed by atoms with Crippen LogP contribution in [0, 0.1) is 5.82 Å². The quantitative estimate of drug-likeness (QED) is 0.126. The number of nitrogens with zero attached hydrogens (tertiary/aromatic N) is 1. The zero-order chi connectivity index (χ0) is 32.6. The van der Waals surface area contributed by atoms with E-state index in [1.807, 2.05) is 25.1 Å². The zero-order valence-electron chi connectivity index (χ0n) is 24.7. The van der Waals surface area contributed by atoms with Gasteiger partial charge in [-0.25, -0.2) is 4.39 Å². The molecule has 6 N–H and O–H groups in total. The largest absolute Gasteiger partial charge is 0.573 e. The van der Waals surface area contributed by atoms with Crippen LogP contribution in [0.25, 0.3) is 0 Å². The molecule has 2 atom stereocenters. The Hall–Kier alpha value is -3.56. The van der Waals surface area contributed by atoms with Crippen molar-refractivity contribution in [2.75, 3.05) is 35.0 Å². The van der Waals surface area contributed by atoms with Crippen molar-refractivity contribution < 1.29 is 41.3 Å². The lowest BCUT2D eigenvalue weighted by atomic mass is 10.00. The Morgan fingerprint density at radius 1 is 1.04 bits per heavy atom. The fourth-order valence-electron chi connectivity index (χ4n) is 5.10. The summed E-state index contributed by atoms with van der Waals surface area (Å²) in [5.74, 6) is -2.00. The lowest BCUT2D eigenvalue weighted by Crippen LogP contribution is -2.49. The molecule has 0 radical (unpaired) electrons. The third-order valence-corrected chi connectivity index (χ3v) is 9.15. The second-order valence-electron chi connectivity index (χ2n) is 10.7. The number of carbonyl (C=O) groups excluding carboxylic acids is 1. The lowest BCUT2D eigenvalue weighted by molar-refractivity contribution is -0.274. The third kappa shape index (κ3) is 9.71. The van der Waals surface area contributed by atoms with Gasteiger partial charge in [-0.15, -0.1) is 23.9 Å². The van der Waals surface area contributed by atoms with Crippen LogP contribution >= 0.6 is 10.8 Å². The predicted octanol–water partition coefficient (Wildman–Crippen LogP) is 5.91. The van der Waals surface area contributed by atoms with Gasteiger partial charge in [0.2, 0.25) is 0 Å². The Morgan fingerprint density at radius 2 is 1.78 bits per heavy atom. The number of ether oxygens (including phenoxy) is 1. The molecular weight excluding hydrogens is 616 g/mol. The first-order valence-electron chi connectivity index (χ1n) is 14.6. The van der Waals surface area contributed by atoms with Crippen molar-refractivity contribution in [1.82, 2.24) is 10.6 Å². The lowest BCUT2D eigenvalue weighted by Gasteiger charge is -2.47. The van der Waals surface area contributed by atoms with Crippen LogP contribution in [0.2, 0.25) is 0 Å². The van der Waals surface area contributed by atoms with Gasteiger partial charge in [0.1, 0.15) is 5.75 Å². The summed E-state index contributed by atoms with van der Waals surface area (Å²) in [6, 6.07) is 16.4. The van der Waals surface area contributed by atoms with E-state index in [1.165, 1.54) is 34.6 Å². The number of aliphatic hydroxyl groups excluding tert-OH is 1. The van der Waals surface area contributed by atoms with Gasteiger partial charge in [0.15, 0.2) is 5.82 Å². The molecule has 0 saturated carbocycles. The molecule has 14 heteroatoms. The fourth-order valence-corrected chi connectivity index (χ4v) is 6.79. The summed E-state index contributed by atoms with van der Waals surface area (Å²) in [6.07, 6.45) is -4.61. The molecule has 1 fully saturated rings. The molecule has 1 aliphatic heterocycles. The summed E-state index contributed by atoms with van der Waals surface area (Å²) in [5.41, 5.74) is 1.26. The number of rotatable bonds is 13. The highest BCUT2D eigenvalue weighted by Gasteiger charge is 2.33. The molecule has 45 heavy (non-hydrogen) atoms. The molecule has 1 saturated heterocycles. The van der Waals surface area contributed by atoms with Crippen LogP contribution in [0.15, 0.2) is 66.7 Å². The van der Waals surface area contributed by atoms with E-state index in [2.05, 4.69) is 20.7 Å². The average molecular weight is 655 g/mol. The Kier molecular flexibility index (Phi) is 11.6. The molecule has 4 rings (SSSR count). The van der Waals surface area contributed by atoms with Crippen LogP contribution in [0.4, 0.5) is 28.9 Å². The van der Waals surface area contributed by atoms with Crippen molar-refractivity contribution in [2.45, 2.75) is 51.2 Å². The summed E-state index contributed by atoms with van der Waals surface area (Å²) in [4.78, 5) is 13.6. The smallest absolute Gasteiger partial charge is 0.406 e. The second kappa shape index (κ2) is 15.1. The normalized spacial score (nSPS) is 16.8. The number of carbonyl (C=O) groups is 1. The van der Waals surface area contributed by atoms with Gasteiger partial charge < -0.3 is 25.8 Å². The summed E-state index contributed by atoms with van der Waals surface area (Å²) in [5, 5.41) is 19.9. The molecule has 3 aromatic rings. The highest BCUT2D eigenvalue weighted by molar-refractivity contribution is 8.25. The number of nitrogens with one attached hydrogen (secondary N) is 3. The monoisotopic (exact) mass is 654 g/mol. The van der Waals surface area contributed by atoms with Crippen molar-refractivity contribution in [3.63, 3.8) is 0 Å². The van der Waals surface area contributed by atoms with Gasteiger partial charge in [0.05, 0.1) is 29.1 Å². The molecule has 246 valence electrons. The van der Waals surface area contributed by atoms with Crippen LogP contribution < -0.4 is 25.0 Å². The minimum atomic E-state index is -4.83. The minimum absolute atomic E-state index is 0.0536. The molecule has 1 heterocycles. The number of hydrogen-bond donors (Lipinski definition) is 6. The number of benzene rings is 3. The molecular formula is C31H38F4N4O5S. The fraction of sp³-hybridized carbons (Fsp3) is 0.387. The molecule has 0 bridgehead atoms. The first-order chi connectivity index (χ1) is 21.4. The van der Waals surface area contributed by atoms with E-state index in [0.29, 0.717) is 30.6 Å². The van der Waals surface area contributed by atoms with Gasteiger partial charge in [-0.3, -0.25) is 18.2 Å².